The van der Waals surface area contributed by atoms with Gasteiger partial charge < -0.3 is 9.47 Å². The third-order valence-corrected chi connectivity index (χ3v) is 4.28. The highest BCUT2D eigenvalue weighted by molar-refractivity contribution is 5.64. The van der Waals surface area contributed by atoms with Gasteiger partial charge >= 0.3 is 6.16 Å². The molecule has 3 heteroatoms. The van der Waals surface area contributed by atoms with Crippen LogP contribution in [0.2, 0.25) is 0 Å². The van der Waals surface area contributed by atoms with Gasteiger partial charge in [0, 0.05) is 5.92 Å². The van der Waals surface area contributed by atoms with Gasteiger partial charge in [-0.05, 0) is 57.7 Å². The van der Waals surface area contributed by atoms with Crippen molar-refractivity contribution >= 4 is 12.2 Å². The Hall–Kier alpha value is -2.03. The molecule has 1 aromatic carbocycles. The van der Waals surface area contributed by atoms with Gasteiger partial charge in [-0.2, -0.15) is 0 Å². The zero-order valence-corrected chi connectivity index (χ0v) is 13.6. The fourth-order valence-corrected chi connectivity index (χ4v) is 2.68. The van der Waals surface area contributed by atoms with Crippen LogP contribution in [0, 0.1) is 5.92 Å². The van der Waals surface area contributed by atoms with Gasteiger partial charge in [-0.1, -0.05) is 36.4 Å². The number of allylic oxidation sites excluding steroid dienone is 2. The molecule has 0 radical (unpaired) electrons. The van der Waals surface area contributed by atoms with Gasteiger partial charge in [0.25, 0.3) is 0 Å². The van der Waals surface area contributed by atoms with E-state index < -0.39 is 11.8 Å². The zero-order chi connectivity index (χ0) is 16.2. The third-order valence-electron chi connectivity index (χ3n) is 4.28. The summed E-state index contributed by atoms with van der Waals surface area (Å²) in [6.07, 6.45) is 6.37. The van der Waals surface area contributed by atoms with Crippen LogP contribution in [0.3, 0.4) is 0 Å². The third kappa shape index (κ3) is 4.23. The van der Waals surface area contributed by atoms with E-state index in [0.29, 0.717) is 11.7 Å². The van der Waals surface area contributed by atoms with E-state index in [4.69, 9.17) is 9.47 Å². The highest BCUT2D eigenvalue weighted by atomic mass is 16.7. The first-order valence-electron chi connectivity index (χ1n) is 7.69. The lowest BCUT2D eigenvalue weighted by atomic mass is 9.80. The molecule has 0 amide bonds. The Morgan fingerprint density at radius 2 is 2.00 bits per heavy atom. The fraction of sp³-hybridized carbons (Fsp3) is 0.421. The van der Waals surface area contributed by atoms with Crippen molar-refractivity contribution in [2.24, 2.45) is 5.92 Å². The van der Waals surface area contributed by atoms with E-state index in [1.165, 1.54) is 5.57 Å². The molecule has 0 N–H and O–H groups in total. The van der Waals surface area contributed by atoms with Gasteiger partial charge in [-0.15, -0.1) is 0 Å². The summed E-state index contributed by atoms with van der Waals surface area (Å²) in [4.78, 5) is 12.0. The largest absolute Gasteiger partial charge is 0.514 e. The monoisotopic (exact) mass is 300 g/mol. The maximum atomic E-state index is 12.0. The lowest BCUT2D eigenvalue weighted by molar-refractivity contribution is -0.0311. The first-order chi connectivity index (χ1) is 10.4. The molecule has 0 saturated carbocycles. The topological polar surface area (TPSA) is 35.5 Å². The number of hydrogen-bond donors (Lipinski definition) is 0. The molecule has 118 valence electrons. The smallest absolute Gasteiger partial charge is 0.428 e. The molecule has 0 heterocycles. The summed E-state index contributed by atoms with van der Waals surface area (Å²) < 4.78 is 10.8. The van der Waals surface area contributed by atoms with Crippen molar-refractivity contribution in [3.05, 3.63) is 48.1 Å². The van der Waals surface area contributed by atoms with Crippen molar-refractivity contribution in [2.45, 2.75) is 45.6 Å². The lowest BCUT2D eigenvalue weighted by Gasteiger charge is -2.35. The van der Waals surface area contributed by atoms with Gasteiger partial charge in [-0.25, -0.2) is 4.79 Å². The maximum Gasteiger partial charge on any atom is 0.514 e. The van der Waals surface area contributed by atoms with Crippen LogP contribution < -0.4 is 4.74 Å². The van der Waals surface area contributed by atoms with Crippen molar-refractivity contribution in [1.29, 1.82) is 0 Å². The molecule has 22 heavy (non-hydrogen) atoms. The summed E-state index contributed by atoms with van der Waals surface area (Å²) in [6.45, 7) is 9.74. The Bertz CT molecular complexity index is 567. The number of benzene rings is 1. The van der Waals surface area contributed by atoms with Gasteiger partial charge in [-0.3, -0.25) is 0 Å². The van der Waals surface area contributed by atoms with Crippen molar-refractivity contribution in [3.8, 4) is 5.75 Å². The standard InChI is InChI=1S/C19H24O3/c1-5-15-8-12-17(13-9-15)21-18(20)22-19(3,4)16-10-6-14(2)7-11-16/h5-6,8-9,12-13,16H,1,7,10-11H2,2-4H3. The van der Waals surface area contributed by atoms with Crippen LogP contribution in [-0.2, 0) is 4.74 Å². The molecule has 3 nitrogen and oxygen atoms in total. The van der Waals surface area contributed by atoms with Crippen molar-refractivity contribution in [2.75, 3.05) is 0 Å². The molecule has 1 unspecified atom stereocenters. The van der Waals surface area contributed by atoms with E-state index in [-0.39, 0.29) is 0 Å². The molecular weight excluding hydrogens is 276 g/mol. The number of carbonyl (C=O) groups excluding carboxylic acids is 1. The SMILES string of the molecule is C=Cc1ccc(OC(=O)OC(C)(C)C2CC=C(C)CC2)cc1. The lowest BCUT2D eigenvalue weighted by Crippen LogP contribution is -2.38. The second kappa shape index (κ2) is 6.82. The minimum Gasteiger partial charge on any atom is -0.428 e. The fourth-order valence-electron chi connectivity index (χ4n) is 2.68. The van der Waals surface area contributed by atoms with E-state index in [0.717, 1.165) is 24.8 Å². The Morgan fingerprint density at radius 3 is 2.55 bits per heavy atom. The average molecular weight is 300 g/mol. The van der Waals surface area contributed by atoms with E-state index in [9.17, 15) is 4.79 Å². The molecule has 0 fully saturated rings. The Kier molecular flexibility index (Phi) is 5.07. The van der Waals surface area contributed by atoms with E-state index in [1.54, 1.807) is 18.2 Å². The number of ether oxygens (including phenoxy) is 2. The Balaban J connectivity index is 1.93. The first kappa shape index (κ1) is 16.3. The zero-order valence-electron chi connectivity index (χ0n) is 13.6. The molecule has 1 aliphatic carbocycles. The van der Waals surface area contributed by atoms with Gasteiger partial charge in [0.15, 0.2) is 0 Å². The van der Waals surface area contributed by atoms with Crippen LogP contribution in [-0.4, -0.2) is 11.8 Å². The normalized spacial score (nSPS) is 18.3. The molecule has 1 aliphatic rings. The minimum absolute atomic E-state index is 0.326. The van der Waals surface area contributed by atoms with Crippen molar-refractivity contribution in [1.82, 2.24) is 0 Å². The van der Waals surface area contributed by atoms with Gasteiger partial charge in [0.1, 0.15) is 11.4 Å². The molecule has 0 spiro atoms. The van der Waals surface area contributed by atoms with Crippen LogP contribution in [0.5, 0.6) is 5.75 Å². The Morgan fingerprint density at radius 1 is 1.32 bits per heavy atom. The number of hydrogen-bond acceptors (Lipinski definition) is 3. The maximum absolute atomic E-state index is 12.0. The molecule has 0 bridgehead atoms. The van der Waals surface area contributed by atoms with E-state index >= 15 is 0 Å². The highest BCUT2D eigenvalue weighted by Crippen LogP contribution is 2.34. The molecule has 0 aromatic heterocycles. The molecule has 0 aliphatic heterocycles. The second-order valence-electron chi connectivity index (χ2n) is 6.35. The van der Waals surface area contributed by atoms with E-state index in [1.807, 2.05) is 26.0 Å². The molecule has 1 aromatic rings. The van der Waals surface area contributed by atoms with Crippen LogP contribution in [0.1, 0.15) is 45.6 Å². The molecule has 1 atom stereocenters. The quantitative estimate of drug-likeness (QED) is 0.426. The van der Waals surface area contributed by atoms with Crippen molar-refractivity contribution in [3.63, 3.8) is 0 Å². The average Bonchev–Trinajstić information content (AvgIpc) is 2.48. The summed E-state index contributed by atoms with van der Waals surface area (Å²) >= 11 is 0. The summed E-state index contributed by atoms with van der Waals surface area (Å²) in [5.41, 5.74) is 1.86. The molecular formula is C19H24O3. The molecule has 2 rings (SSSR count). The van der Waals surface area contributed by atoms with Crippen LogP contribution in [0.15, 0.2) is 42.5 Å². The summed E-state index contributed by atoms with van der Waals surface area (Å²) in [5.74, 6) is 0.803. The summed E-state index contributed by atoms with van der Waals surface area (Å²) in [6, 6.07) is 7.15. The second-order valence-corrected chi connectivity index (χ2v) is 6.35. The van der Waals surface area contributed by atoms with Gasteiger partial charge in [0.05, 0.1) is 0 Å². The summed E-state index contributed by atoms with van der Waals surface area (Å²) in [7, 11) is 0. The predicted molar refractivity (Wildman–Crippen MR) is 88.8 cm³/mol. The molecule has 0 saturated heterocycles. The highest BCUT2D eigenvalue weighted by Gasteiger charge is 2.34. The Labute approximate surface area is 132 Å². The predicted octanol–water partition coefficient (Wildman–Crippen LogP) is 5.37. The first-order valence-corrected chi connectivity index (χ1v) is 7.69. The summed E-state index contributed by atoms with van der Waals surface area (Å²) in [5, 5.41) is 0. The van der Waals surface area contributed by atoms with Crippen LogP contribution >= 0.6 is 0 Å². The van der Waals surface area contributed by atoms with Crippen LogP contribution in [0.4, 0.5) is 4.79 Å². The number of carbonyl (C=O) groups is 1. The number of rotatable bonds is 4. The van der Waals surface area contributed by atoms with Crippen molar-refractivity contribution < 1.29 is 14.3 Å². The van der Waals surface area contributed by atoms with Gasteiger partial charge in [0.2, 0.25) is 0 Å². The minimum atomic E-state index is -0.650. The van der Waals surface area contributed by atoms with E-state index in [2.05, 4.69) is 19.6 Å². The van der Waals surface area contributed by atoms with Crippen LogP contribution in [0.25, 0.3) is 6.08 Å².